The van der Waals surface area contributed by atoms with Crippen LogP contribution in [0, 0.1) is 23.7 Å². The van der Waals surface area contributed by atoms with Crippen LogP contribution < -0.4 is 4.74 Å². The summed E-state index contributed by atoms with van der Waals surface area (Å²) >= 11 is 0. The normalized spacial score (nSPS) is 19.1. The molecule has 1 N–H and O–H groups in total. The van der Waals surface area contributed by atoms with E-state index in [1.54, 1.807) is 26.0 Å². The second kappa shape index (κ2) is 16.6. The molecule has 0 spiro atoms. The third kappa shape index (κ3) is 11.3. The Hall–Kier alpha value is -2.48. The zero-order chi connectivity index (χ0) is 28.8. The number of halogens is 2. The van der Waals surface area contributed by atoms with Gasteiger partial charge in [0.05, 0.1) is 31.7 Å². The Morgan fingerprint density at radius 1 is 1.05 bits per heavy atom. The summed E-state index contributed by atoms with van der Waals surface area (Å²) in [7, 11) is 0. The highest BCUT2D eigenvalue weighted by molar-refractivity contribution is 5.87. The molecule has 1 aromatic rings. The lowest BCUT2D eigenvalue weighted by atomic mass is 9.79. The van der Waals surface area contributed by atoms with Gasteiger partial charge in [0.1, 0.15) is 5.75 Å². The molecule has 6 nitrogen and oxygen atoms in total. The number of unbranched alkanes of at least 4 members (excludes halogenated alkanes) is 2. The second-order valence-corrected chi connectivity index (χ2v) is 10.9. The minimum atomic E-state index is -3.23. The van der Waals surface area contributed by atoms with Crippen LogP contribution in [0.4, 0.5) is 8.78 Å². The first kappa shape index (κ1) is 32.7. The largest absolute Gasteiger partial charge is 0.465 e. The molecular formula is C31H46F2O6. The average molecular weight is 553 g/mol. The zero-order valence-electron chi connectivity index (χ0n) is 23.8. The monoisotopic (exact) mass is 552 g/mol. The Balaban J connectivity index is 1.94. The van der Waals surface area contributed by atoms with E-state index in [0.29, 0.717) is 37.2 Å². The molecule has 1 aliphatic rings. The lowest BCUT2D eigenvalue weighted by Gasteiger charge is -2.33. The number of hydrogen-bond acceptors (Lipinski definition) is 6. The smallest absolute Gasteiger partial charge is 0.400 e. The summed E-state index contributed by atoms with van der Waals surface area (Å²) in [6.45, 7) is 8.83. The van der Waals surface area contributed by atoms with Gasteiger partial charge < -0.3 is 19.3 Å². The van der Waals surface area contributed by atoms with Gasteiger partial charge in [-0.1, -0.05) is 58.2 Å². The van der Waals surface area contributed by atoms with E-state index in [1.165, 1.54) is 31.4 Å². The number of benzene rings is 1. The third-order valence-corrected chi connectivity index (χ3v) is 7.54. The first-order valence-corrected chi connectivity index (χ1v) is 14.4. The van der Waals surface area contributed by atoms with E-state index in [9.17, 15) is 18.4 Å². The molecular weight excluding hydrogens is 506 g/mol. The van der Waals surface area contributed by atoms with Crippen molar-refractivity contribution in [2.45, 2.75) is 91.1 Å². The van der Waals surface area contributed by atoms with Crippen molar-refractivity contribution in [2.75, 3.05) is 19.8 Å². The molecule has 0 aromatic heterocycles. The number of aliphatic hydroxyl groups is 1. The van der Waals surface area contributed by atoms with Crippen molar-refractivity contribution in [3.05, 3.63) is 42.0 Å². The SMILES string of the molecule is C=C(CC)C(=O)OCC(COC(=O)C(C)CO)Cc1ccc(OC(F)(F)C2CCC(CCCCC)CC2)cc1. The van der Waals surface area contributed by atoms with E-state index in [-0.39, 0.29) is 31.5 Å². The molecule has 0 bridgehead atoms. The van der Waals surface area contributed by atoms with Gasteiger partial charge in [-0.15, -0.1) is 0 Å². The fourth-order valence-electron chi connectivity index (χ4n) is 4.76. The van der Waals surface area contributed by atoms with Gasteiger partial charge in [0.15, 0.2) is 0 Å². The highest BCUT2D eigenvalue weighted by Gasteiger charge is 2.43. The van der Waals surface area contributed by atoms with Crippen molar-refractivity contribution in [1.29, 1.82) is 0 Å². The first-order chi connectivity index (χ1) is 18.6. The van der Waals surface area contributed by atoms with Gasteiger partial charge in [0.25, 0.3) is 0 Å². The molecule has 39 heavy (non-hydrogen) atoms. The zero-order valence-corrected chi connectivity index (χ0v) is 23.8. The summed E-state index contributed by atoms with van der Waals surface area (Å²) in [6, 6.07) is 6.41. The van der Waals surface area contributed by atoms with Crippen LogP contribution in [-0.4, -0.2) is 43.0 Å². The number of ether oxygens (including phenoxy) is 3. The van der Waals surface area contributed by atoms with Crippen molar-refractivity contribution in [3.8, 4) is 5.75 Å². The maximum atomic E-state index is 14.9. The fraction of sp³-hybridized carbons (Fsp3) is 0.677. The van der Waals surface area contributed by atoms with Crippen LogP contribution in [0.25, 0.3) is 0 Å². The number of carbonyl (C=O) groups excluding carboxylic acids is 2. The van der Waals surface area contributed by atoms with Gasteiger partial charge in [-0.2, -0.15) is 8.78 Å². The maximum Gasteiger partial charge on any atom is 0.400 e. The van der Waals surface area contributed by atoms with Gasteiger partial charge in [-0.05, 0) is 69.1 Å². The summed E-state index contributed by atoms with van der Waals surface area (Å²) in [6.07, 6.45) is 4.87. The molecule has 0 radical (unpaired) electrons. The highest BCUT2D eigenvalue weighted by Crippen LogP contribution is 2.41. The summed E-state index contributed by atoms with van der Waals surface area (Å²) < 4.78 is 45.7. The predicted octanol–water partition coefficient (Wildman–Crippen LogP) is 6.88. The minimum absolute atomic E-state index is 0.00389. The molecule has 1 aliphatic carbocycles. The quantitative estimate of drug-likeness (QED) is 0.129. The number of alkyl halides is 2. The van der Waals surface area contributed by atoms with Crippen LogP contribution in [0.3, 0.4) is 0 Å². The van der Waals surface area contributed by atoms with E-state index in [0.717, 1.165) is 24.8 Å². The number of esters is 2. The molecule has 8 heteroatoms. The van der Waals surface area contributed by atoms with Crippen LogP contribution in [0.15, 0.2) is 36.4 Å². The topological polar surface area (TPSA) is 82.1 Å². The Labute approximate surface area is 232 Å². The Morgan fingerprint density at radius 2 is 1.69 bits per heavy atom. The van der Waals surface area contributed by atoms with Gasteiger partial charge in [0, 0.05) is 11.5 Å². The van der Waals surface area contributed by atoms with Gasteiger partial charge >= 0.3 is 18.0 Å². The lowest BCUT2D eigenvalue weighted by molar-refractivity contribution is -0.223. The summed E-state index contributed by atoms with van der Waals surface area (Å²) in [5.74, 6) is -2.24. The predicted molar refractivity (Wildman–Crippen MR) is 146 cm³/mol. The fourth-order valence-corrected chi connectivity index (χ4v) is 4.76. The molecule has 0 saturated heterocycles. The maximum absolute atomic E-state index is 14.9. The van der Waals surface area contributed by atoms with Gasteiger partial charge in [-0.3, -0.25) is 4.79 Å². The van der Waals surface area contributed by atoms with E-state index >= 15 is 0 Å². The van der Waals surface area contributed by atoms with Crippen molar-refractivity contribution in [1.82, 2.24) is 0 Å². The minimum Gasteiger partial charge on any atom is -0.465 e. The first-order valence-electron chi connectivity index (χ1n) is 14.4. The summed E-state index contributed by atoms with van der Waals surface area (Å²) in [5, 5.41) is 9.17. The number of hydrogen-bond donors (Lipinski definition) is 1. The number of carbonyl (C=O) groups is 2. The van der Waals surface area contributed by atoms with Crippen LogP contribution in [-0.2, 0) is 25.5 Å². The van der Waals surface area contributed by atoms with Crippen molar-refractivity contribution in [2.24, 2.45) is 23.7 Å². The molecule has 1 fully saturated rings. The molecule has 0 aliphatic heterocycles. The number of rotatable bonds is 17. The molecule has 2 rings (SSSR count). The van der Waals surface area contributed by atoms with E-state index in [1.807, 2.05) is 0 Å². The average Bonchev–Trinajstić information content (AvgIpc) is 2.94. The van der Waals surface area contributed by atoms with Gasteiger partial charge in [0.2, 0.25) is 0 Å². The van der Waals surface area contributed by atoms with Crippen LogP contribution in [0.1, 0.15) is 84.1 Å². The molecule has 1 saturated carbocycles. The summed E-state index contributed by atoms with van der Waals surface area (Å²) in [4.78, 5) is 24.1. The van der Waals surface area contributed by atoms with E-state index in [4.69, 9.17) is 19.3 Å². The van der Waals surface area contributed by atoms with Crippen molar-refractivity contribution < 1.29 is 37.7 Å². The summed E-state index contributed by atoms with van der Waals surface area (Å²) in [5.41, 5.74) is 1.13. The van der Waals surface area contributed by atoms with Crippen molar-refractivity contribution >= 4 is 11.9 Å². The molecule has 1 aromatic carbocycles. The Kier molecular flexibility index (Phi) is 13.9. The van der Waals surface area contributed by atoms with E-state index in [2.05, 4.69) is 13.5 Å². The molecule has 2 unspecified atom stereocenters. The van der Waals surface area contributed by atoms with E-state index < -0.39 is 29.9 Å². The lowest BCUT2D eigenvalue weighted by Crippen LogP contribution is -2.37. The van der Waals surface area contributed by atoms with Crippen molar-refractivity contribution in [3.63, 3.8) is 0 Å². The molecule has 0 amide bonds. The third-order valence-electron chi connectivity index (χ3n) is 7.54. The molecule has 0 heterocycles. The van der Waals surface area contributed by atoms with Crippen LogP contribution in [0.5, 0.6) is 5.75 Å². The van der Waals surface area contributed by atoms with Gasteiger partial charge in [-0.25, -0.2) is 4.79 Å². The number of aliphatic hydroxyl groups excluding tert-OH is 1. The van der Waals surface area contributed by atoms with Crippen LogP contribution in [0.2, 0.25) is 0 Å². The second-order valence-electron chi connectivity index (χ2n) is 10.9. The molecule has 2 atom stereocenters. The Morgan fingerprint density at radius 3 is 2.28 bits per heavy atom. The standard InChI is InChI=1S/C31H46F2O6/c1-5-7-8-9-24-10-14-27(15-11-24)31(32,33)39-28-16-12-25(13-17-28)18-26(20-37-29(35)22(3)6-2)21-38-30(36)23(4)19-34/h12-13,16-17,23-24,26-27,34H,3,5-11,14-15,18-21H2,1-2,4H3. The van der Waals surface area contributed by atoms with Crippen LogP contribution >= 0.6 is 0 Å². The highest BCUT2D eigenvalue weighted by atomic mass is 19.3. The molecule has 220 valence electrons. The Bertz CT molecular complexity index is 893.